The number of hydrazine groups is 1. The molecule has 2 aliphatic heterocycles. The second-order valence-electron chi connectivity index (χ2n) is 13.8. The highest BCUT2D eigenvalue weighted by Crippen LogP contribution is 2.65. The van der Waals surface area contributed by atoms with Crippen molar-refractivity contribution in [2.75, 3.05) is 17.4 Å². The third-order valence-corrected chi connectivity index (χ3v) is 12.0. The summed E-state index contributed by atoms with van der Waals surface area (Å²) in [6.07, 6.45) is 3.16. The molecule has 4 aromatic rings. The van der Waals surface area contributed by atoms with Gasteiger partial charge in [-0.2, -0.15) is 5.01 Å². The van der Waals surface area contributed by atoms with E-state index in [9.17, 15) is 19.5 Å². The minimum absolute atomic E-state index is 0.0540. The van der Waals surface area contributed by atoms with Crippen molar-refractivity contribution in [3.05, 3.63) is 129 Å². The fourth-order valence-electron chi connectivity index (χ4n) is 9.05. The summed E-state index contributed by atoms with van der Waals surface area (Å²) in [6, 6.07) is 25.9. The van der Waals surface area contributed by atoms with Gasteiger partial charge in [-0.3, -0.25) is 29.5 Å². The van der Waals surface area contributed by atoms with Gasteiger partial charge in [0.2, 0.25) is 11.8 Å². The average Bonchev–Trinajstić information content (AvgIpc) is 3.53. The van der Waals surface area contributed by atoms with Crippen LogP contribution in [0.5, 0.6) is 11.5 Å². The lowest BCUT2D eigenvalue weighted by Gasteiger charge is -2.50. The topological polar surface area (TPSA) is 116 Å². The number of carbonyl (C=O) groups is 4. The molecule has 11 heteroatoms. The van der Waals surface area contributed by atoms with E-state index in [-0.39, 0.29) is 35.4 Å². The maximum atomic E-state index is 15.3. The van der Waals surface area contributed by atoms with E-state index < -0.39 is 46.8 Å². The van der Waals surface area contributed by atoms with Gasteiger partial charge in [0.05, 0.1) is 46.7 Å². The maximum Gasteiger partial charge on any atom is 0.260 e. The number of aryl methyl sites for hydroxylation is 1. The van der Waals surface area contributed by atoms with E-state index in [0.717, 1.165) is 22.6 Å². The standard InChI is InChI=1S/C41H35Cl2N3O6/c1-3-22-8-13-25(14-9-22)45-37(48)29-18-17-27-30(35(29)39(45)50)21-31-38(49)46(44-33-19-12-24(42)20-32(33)43)40(51)41(31,23-10-15-26(52-2)16-11-23)36(27)28-6-4-5-7-34(28)47/h4-17,19-20,29-31,35-36,44,47H,3,18,21H2,1-2H3/t29-,30+,31-,35-,36+,41+/m0/s1. The first-order chi connectivity index (χ1) is 25.1. The normalized spacial score (nSPS) is 26.5. The van der Waals surface area contributed by atoms with Crippen molar-refractivity contribution < 1.29 is 29.0 Å². The van der Waals surface area contributed by atoms with Crippen LogP contribution in [0.15, 0.2) is 103 Å². The van der Waals surface area contributed by atoms with Crippen LogP contribution in [0.4, 0.5) is 11.4 Å². The van der Waals surface area contributed by atoms with Crippen LogP contribution in [0.25, 0.3) is 0 Å². The van der Waals surface area contributed by atoms with Crippen LogP contribution < -0.4 is 15.1 Å². The number of rotatable bonds is 7. The molecule has 3 fully saturated rings. The first-order valence-corrected chi connectivity index (χ1v) is 18.0. The van der Waals surface area contributed by atoms with Crippen LogP contribution in [0, 0.1) is 23.7 Å². The quantitative estimate of drug-likeness (QED) is 0.150. The van der Waals surface area contributed by atoms with Crippen LogP contribution in [0.1, 0.15) is 42.4 Å². The van der Waals surface area contributed by atoms with E-state index in [4.69, 9.17) is 27.9 Å². The number of fused-ring (bicyclic) bond motifs is 4. The number of nitrogens with zero attached hydrogens (tertiary/aromatic N) is 2. The van der Waals surface area contributed by atoms with Crippen LogP contribution in [-0.2, 0) is 31.0 Å². The van der Waals surface area contributed by atoms with Gasteiger partial charge in [0.1, 0.15) is 11.5 Å². The third kappa shape index (κ3) is 4.97. The molecular formula is C41H35Cl2N3O6. The molecule has 264 valence electrons. The van der Waals surface area contributed by atoms with E-state index >= 15 is 4.79 Å². The number of methoxy groups -OCH3 is 1. The molecule has 2 heterocycles. The fourth-order valence-corrected chi connectivity index (χ4v) is 9.51. The number of phenolic OH excluding ortho intramolecular Hbond substituents is 1. The number of allylic oxidation sites excluding steroid dienone is 2. The number of aromatic hydroxyl groups is 1. The van der Waals surface area contributed by atoms with Crippen molar-refractivity contribution in [1.29, 1.82) is 0 Å². The molecule has 0 radical (unpaired) electrons. The lowest BCUT2D eigenvalue weighted by molar-refractivity contribution is -0.138. The van der Waals surface area contributed by atoms with Crippen molar-refractivity contribution >= 4 is 58.2 Å². The number of hydrogen-bond acceptors (Lipinski definition) is 7. The summed E-state index contributed by atoms with van der Waals surface area (Å²) >= 11 is 12.7. The van der Waals surface area contributed by atoms with Gasteiger partial charge >= 0.3 is 0 Å². The number of carbonyl (C=O) groups excluding carboxylic acids is 4. The molecule has 0 bridgehead atoms. The Bertz CT molecular complexity index is 2170. The van der Waals surface area contributed by atoms with Gasteiger partial charge < -0.3 is 9.84 Å². The Morgan fingerprint density at radius 2 is 1.62 bits per heavy atom. The molecular weight excluding hydrogens is 701 g/mol. The number of para-hydroxylation sites is 1. The van der Waals surface area contributed by atoms with Gasteiger partial charge in [-0.25, -0.2) is 0 Å². The Morgan fingerprint density at radius 1 is 0.885 bits per heavy atom. The number of phenols is 1. The average molecular weight is 737 g/mol. The Kier molecular flexibility index (Phi) is 8.38. The summed E-state index contributed by atoms with van der Waals surface area (Å²) in [6.45, 7) is 2.04. The zero-order valence-electron chi connectivity index (χ0n) is 28.4. The SMILES string of the molecule is CCc1ccc(N2C(=O)[C@H]3[C@H](CC=C4[C@H]3C[C@H]3C(=O)N(Nc5ccc(Cl)cc5Cl)C(=O)[C@@]3(c3ccc(OC)cc3)[C@H]4c3ccccc3O)C2=O)cc1. The third-order valence-electron chi connectivity index (χ3n) is 11.4. The van der Waals surface area contributed by atoms with Crippen LogP contribution in [-0.4, -0.2) is 40.9 Å². The van der Waals surface area contributed by atoms with Gasteiger partial charge in [0.25, 0.3) is 11.8 Å². The molecule has 52 heavy (non-hydrogen) atoms. The van der Waals surface area contributed by atoms with Gasteiger partial charge in [-0.15, -0.1) is 0 Å². The highest BCUT2D eigenvalue weighted by molar-refractivity contribution is 6.36. The van der Waals surface area contributed by atoms with E-state index in [2.05, 4.69) is 5.43 Å². The predicted molar refractivity (Wildman–Crippen MR) is 197 cm³/mol. The number of ether oxygens (including phenoxy) is 1. The molecule has 4 aromatic carbocycles. The zero-order chi connectivity index (χ0) is 36.5. The largest absolute Gasteiger partial charge is 0.508 e. The van der Waals surface area contributed by atoms with Gasteiger partial charge in [0.15, 0.2) is 0 Å². The van der Waals surface area contributed by atoms with Crippen molar-refractivity contribution in [3.63, 3.8) is 0 Å². The second-order valence-corrected chi connectivity index (χ2v) is 14.6. The van der Waals surface area contributed by atoms with E-state index in [1.807, 2.05) is 25.1 Å². The van der Waals surface area contributed by atoms with Gasteiger partial charge in [-0.1, -0.05) is 84.2 Å². The molecule has 9 nitrogen and oxygen atoms in total. The monoisotopic (exact) mass is 735 g/mol. The number of amides is 4. The number of nitrogens with one attached hydrogen (secondary N) is 1. The lowest BCUT2D eigenvalue weighted by atomic mass is 9.49. The van der Waals surface area contributed by atoms with Crippen LogP contribution >= 0.6 is 23.2 Å². The smallest absolute Gasteiger partial charge is 0.260 e. The molecule has 4 aliphatic rings. The van der Waals surface area contributed by atoms with Gasteiger partial charge in [0, 0.05) is 16.5 Å². The fraction of sp³-hybridized carbons (Fsp3) is 0.268. The van der Waals surface area contributed by atoms with Crippen molar-refractivity contribution in [3.8, 4) is 11.5 Å². The highest BCUT2D eigenvalue weighted by Gasteiger charge is 2.70. The van der Waals surface area contributed by atoms with Crippen LogP contribution in [0.3, 0.4) is 0 Å². The van der Waals surface area contributed by atoms with Gasteiger partial charge in [-0.05, 0) is 84.8 Å². The van der Waals surface area contributed by atoms with Crippen molar-refractivity contribution in [2.24, 2.45) is 23.7 Å². The number of hydrogen-bond donors (Lipinski definition) is 2. The Morgan fingerprint density at radius 3 is 2.29 bits per heavy atom. The molecule has 2 N–H and O–H groups in total. The minimum Gasteiger partial charge on any atom is -0.508 e. The van der Waals surface area contributed by atoms with E-state index in [1.54, 1.807) is 79.9 Å². The van der Waals surface area contributed by atoms with Crippen molar-refractivity contribution in [1.82, 2.24) is 5.01 Å². The van der Waals surface area contributed by atoms with Crippen molar-refractivity contribution in [2.45, 2.75) is 37.5 Å². The minimum atomic E-state index is -1.56. The summed E-state index contributed by atoms with van der Waals surface area (Å²) in [4.78, 5) is 60.0. The summed E-state index contributed by atoms with van der Waals surface area (Å²) < 4.78 is 5.46. The number of imide groups is 2. The summed E-state index contributed by atoms with van der Waals surface area (Å²) in [5.41, 5.74) is 5.03. The predicted octanol–water partition coefficient (Wildman–Crippen LogP) is 7.46. The summed E-state index contributed by atoms with van der Waals surface area (Å²) in [5.74, 6) is -5.03. The molecule has 4 amide bonds. The molecule has 0 spiro atoms. The molecule has 8 rings (SSSR count). The molecule has 0 aromatic heterocycles. The summed E-state index contributed by atoms with van der Waals surface area (Å²) in [7, 11) is 1.54. The highest BCUT2D eigenvalue weighted by atomic mass is 35.5. The molecule has 6 atom stereocenters. The molecule has 0 unspecified atom stereocenters. The second kappa shape index (κ2) is 12.8. The summed E-state index contributed by atoms with van der Waals surface area (Å²) in [5, 5.41) is 13.1. The van der Waals surface area contributed by atoms with E-state index in [1.165, 1.54) is 11.0 Å². The zero-order valence-corrected chi connectivity index (χ0v) is 29.9. The molecule has 2 saturated heterocycles. The number of anilines is 2. The Labute approximate surface area is 310 Å². The Hall–Kier alpha value is -5.12. The molecule has 2 aliphatic carbocycles. The first kappa shape index (κ1) is 34.0. The lowest BCUT2D eigenvalue weighted by Crippen LogP contribution is -2.53. The first-order valence-electron chi connectivity index (χ1n) is 17.3. The molecule has 1 saturated carbocycles. The van der Waals surface area contributed by atoms with E-state index in [0.29, 0.717) is 33.3 Å². The number of halogens is 2. The van der Waals surface area contributed by atoms with Crippen LogP contribution in [0.2, 0.25) is 10.0 Å². The number of benzene rings is 4. The Balaban J connectivity index is 1.31. The maximum absolute atomic E-state index is 15.3.